The van der Waals surface area contributed by atoms with Crippen LogP contribution in [0.3, 0.4) is 0 Å². The SMILES string of the molecule is CCCOc1ccccc1C(C)(N)c1ccc(C)c(C)c1. The van der Waals surface area contributed by atoms with Crippen LogP contribution in [0.15, 0.2) is 42.5 Å². The van der Waals surface area contributed by atoms with Crippen LogP contribution in [-0.2, 0) is 5.54 Å². The molecule has 0 aromatic heterocycles. The third-order valence-corrected chi connectivity index (χ3v) is 4.01. The first-order valence-corrected chi connectivity index (χ1v) is 7.55. The standard InChI is InChI=1S/C19H25NO/c1-5-12-21-18-9-7-6-8-17(18)19(4,20)16-11-10-14(2)15(3)13-16/h6-11,13H,5,12,20H2,1-4H3. The Morgan fingerprint density at radius 2 is 1.76 bits per heavy atom. The van der Waals surface area contributed by atoms with Crippen LogP contribution in [0.5, 0.6) is 5.75 Å². The van der Waals surface area contributed by atoms with E-state index in [0.29, 0.717) is 6.61 Å². The van der Waals surface area contributed by atoms with E-state index in [4.69, 9.17) is 10.5 Å². The van der Waals surface area contributed by atoms with Gasteiger partial charge in [-0.3, -0.25) is 0 Å². The zero-order valence-corrected chi connectivity index (χ0v) is 13.4. The van der Waals surface area contributed by atoms with E-state index in [-0.39, 0.29) is 0 Å². The highest BCUT2D eigenvalue weighted by atomic mass is 16.5. The molecule has 0 heterocycles. The van der Waals surface area contributed by atoms with E-state index in [1.54, 1.807) is 0 Å². The number of hydrogen-bond acceptors (Lipinski definition) is 2. The summed E-state index contributed by atoms with van der Waals surface area (Å²) in [6.45, 7) is 9.10. The predicted octanol–water partition coefficient (Wildman–Crippen LogP) is 4.31. The lowest BCUT2D eigenvalue weighted by Crippen LogP contribution is -2.35. The molecule has 2 aromatic carbocycles. The van der Waals surface area contributed by atoms with E-state index in [1.807, 2.05) is 25.1 Å². The number of rotatable bonds is 5. The molecule has 112 valence electrons. The summed E-state index contributed by atoms with van der Waals surface area (Å²) in [6, 6.07) is 14.5. The quantitative estimate of drug-likeness (QED) is 0.887. The highest BCUT2D eigenvalue weighted by Gasteiger charge is 2.27. The third kappa shape index (κ3) is 3.27. The average molecular weight is 283 g/mol. The highest BCUT2D eigenvalue weighted by molar-refractivity contribution is 5.47. The molecule has 0 spiro atoms. The molecule has 2 rings (SSSR count). The minimum Gasteiger partial charge on any atom is -0.493 e. The summed E-state index contributed by atoms with van der Waals surface area (Å²) in [5.41, 5.74) is 10.8. The molecule has 0 saturated heterocycles. The number of para-hydroxylation sites is 1. The van der Waals surface area contributed by atoms with Gasteiger partial charge in [-0.25, -0.2) is 0 Å². The van der Waals surface area contributed by atoms with Crippen molar-refractivity contribution in [1.29, 1.82) is 0 Å². The van der Waals surface area contributed by atoms with Gasteiger partial charge in [0.1, 0.15) is 5.75 Å². The van der Waals surface area contributed by atoms with Crippen molar-refractivity contribution in [2.75, 3.05) is 6.61 Å². The fourth-order valence-corrected chi connectivity index (χ4v) is 2.45. The van der Waals surface area contributed by atoms with Crippen molar-refractivity contribution in [1.82, 2.24) is 0 Å². The van der Waals surface area contributed by atoms with E-state index in [0.717, 1.165) is 23.3 Å². The monoisotopic (exact) mass is 283 g/mol. The lowest BCUT2D eigenvalue weighted by atomic mass is 9.84. The van der Waals surface area contributed by atoms with Crippen molar-refractivity contribution >= 4 is 0 Å². The largest absolute Gasteiger partial charge is 0.493 e. The van der Waals surface area contributed by atoms with Crippen molar-refractivity contribution in [3.63, 3.8) is 0 Å². The van der Waals surface area contributed by atoms with Gasteiger partial charge >= 0.3 is 0 Å². The molecule has 0 saturated carbocycles. The van der Waals surface area contributed by atoms with Gasteiger partial charge in [-0.15, -0.1) is 0 Å². The molecule has 0 bridgehead atoms. The number of aryl methyl sites for hydroxylation is 2. The summed E-state index contributed by atoms with van der Waals surface area (Å²) in [6.07, 6.45) is 0.985. The van der Waals surface area contributed by atoms with Crippen LogP contribution in [-0.4, -0.2) is 6.61 Å². The van der Waals surface area contributed by atoms with Crippen LogP contribution >= 0.6 is 0 Å². The van der Waals surface area contributed by atoms with Gasteiger partial charge in [0.05, 0.1) is 12.1 Å². The van der Waals surface area contributed by atoms with Gasteiger partial charge in [-0.05, 0) is 49.9 Å². The molecule has 21 heavy (non-hydrogen) atoms. The Bertz CT molecular complexity index is 617. The molecule has 0 aliphatic heterocycles. The molecule has 2 nitrogen and oxygen atoms in total. The van der Waals surface area contributed by atoms with Gasteiger partial charge < -0.3 is 10.5 Å². The topological polar surface area (TPSA) is 35.2 Å². The van der Waals surface area contributed by atoms with Crippen LogP contribution in [0, 0.1) is 13.8 Å². The van der Waals surface area contributed by atoms with E-state index in [2.05, 4.69) is 45.0 Å². The normalized spacial score (nSPS) is 13.8. The van der Waals surface area contributed by atoms with Crippen LogP contribution in [0.2, 0.25) is 0 Å². The predicted molar refractivity (Wildman–Crippen MR) is 88.8 cm³/mol. The number of nitrogens with two attached hydrogens (primary N) is 1. The Morgan fingerprint density at radius 1 is 1.05 bits per heavy atom. The van der Waals surface area contributed by atoms with E-state index < -0.39 is 5.54 Å². The van der Waals surface area contributed by atoms with Crippen molar-refractivity contribution in [2.45, 2.75) is 39.7 Å². The maximum atomic E-state index is 6.67. The van der Waals surface area contributed by atoms with Gasteiger partial charge in [-0.1, -0.05) is 43.3 Å². The minimum atomic E-state index is -0.567. The molecule has 0 aliphatic rings. The van der Waals surface area contributed by atoms with Crippen molar-refractivity contribution in [3.05, 3.63) is 64.7 Å². The summed E-state index contributed by atoms with van der Waals surface area (Å²) < 4.78 is 5.87. The molecule has 1 unspecified atom stereocenters. The van der Waals surface area contributed by atoms with Crippen LogP contribution < -0.4 is 10.5 Å². The lowest BCUT2D eigenvalue weighted by Gasteiger charge is -2.28. The molecule has 2 aromatic rings. The maximum absolute atomic E-state index is 6.67. The summed E-state index contributed by atoms with van der Waals surface area (Å²) in [5.74, 6) is 0.877. The smallest absolute Gasteiger partial charge is 0.124 e. The number of ether oxygens (including phenoxy) is 1. The second-order valence-corrected chi connectivity index (χ2v) is 5.85. The van der Waals surface area contributed by atoms with Gasteiger partial charge in [0, 0.05) is 5.56 Å². The van der Waals surface area contributed by atoms with Gasteiger partial charge in [0.2, 0.25) is 0 Å². The maximum Gasteiger partial charge on any atom is 0.124 e. The zero-order valence-electron chi connectivity index (χ0n) is 13.4. The highest BCUT2D eigenvalue weighted by Crippen LogP contribution is 2.34. The summed E-state index contributed by atoms with van der Waals surface area (Å²) in [4.78, 5) is 0. The molecule has 0 radical (unpaired) electrons. The fourth-order valence-electron chi connectivity index (χ4n) is 2.45. The summed E-state index contributed by atoms with van der Waals surface area (Å²) in [7, 11) is 0. The van der Waals surface area contributed by atoms with E-state index in [1.165, 1.54) is 11.1 Å². The first-order chi connectivity index (χ1) is 9.96. The lowest BCUT2D eigenvalue weighted by molar-refractivity contribution is 0.309. The number of benzene rings is 2. The molecule has 0 amide bonds. The van der Waals surface area contributed by atoms with Crippen molar-refractivity contribution < 1.29 is 4.74 Å². The molecular weight excluding hydrogens is 258 g/mol. The van der Waals surface area contributed by atoms with Crippen LogP contribution in [0.25, 0.3) is 0 Å². The van der Waals surface area contributed by atoms with Crippen LogP contribution in [0.4, 0.5) is 0 Å². The minimum absolute atomic E-state index is 0.567. The Morgan fingerprint density at radius 3 is 2.43 bits per heavy atom. The van der Waals surface area contributed by atoms with Gasteiger partial charge in [-0.2, -0.15) is 0 Å². The van der Waals surface area contributed by atoms with Crippen molar-refractivity contribution in [2.24, 2.45) is 5.73 Å². The molecule has 2 heteroatoms. The molecule has 0 fully saturated rings. The van der Waals surface area contributed by atoms with Crippen molar-refractivity contribution in [3.8, 4) is 5.75 Å². The molecule has 2 N–H and O–H groups in total. The Kier molecular flexibility index (Phi) is 4.69. The molecule has 0 aliphatic carbocycles. The van der Waals surface area contributed by atoms with Gasteiger partial charge in [0.15, 0.2) is 0 Å². The van der Waals surface area contributed by atoms with Crippen LogP contribution in [0.1, 0.15) is 42.5 Å². The summed E-state index contributed by atoms with van der Waals surface area (Å²) in [5, 5.41) is 0. The number of hydrogen-bond donors (Lipinski definition) is 1. The molecule has 1 atom stereocenters. The third-order valence-electron chi connectivity index (χ3n) is 4.01. The second-order valence-electron chi connectivity index (χ2n) is 5.85. The van der Waals surface area contributed by atoms with E-state index >= 15 is 0 Å². The Labute approximate surface area is 127 Å². The van der Waals surface area contributed by atoms with Gasteiger partial charge in [0.25, 0.3) is 0 Å². The first kappa shape index (κ1) is 15.6. The Hall–Kier alpha value is -1.80. The Balaban J connectivity index is 2.45. The molecular formula is C19H25NO. The summed E-state index contributed by atoms with van der Waals surface area (Å²) >= 11 is 0. The fraction of sp³-hybridized carbons (Fsp3) is 0.368. The second kappa shape index (κ2) is 6.31. The zero-order chi connectivity index (χ0) is 15.5. The first-order valence-electron chi connectivity index (χ1n) is 7.55. The average Bonchev–Trinajstić information content (AvgIpc) is 2.48. The van der Waals surface area contributed by atoms with E-state index in [9.17, 15) is 0 Å².